The number of hydrazone groups is 1. The molecule has 7 heteroatoms. The molecule has 0 spiro atoms. The molecule has 0 atom stereocenters. The summed E-state index contributed by atoms with van der Waals surface area (Å²) in [5, 5.41) is 21.5. The second-order valence-corrected chi connectivity index (χ2v) is 4.14. The molecule has 0 aliphatic heterocycles. The van der Waals surface area contributed by atoms with Crippen molar-refractivity contribution >= 4 is 23.7 Å². The van der Waals surface area contributed by atoms with Crippen molar-refractivity contribution in [3.8, 4) is 5.75 Å². The number of methoxy groups -OCH3 is 1. The molecule has 0 saturated carbocycles. The summed E-state index contributed by atoms with van der Waals surface area (Å²) in [6.45, 7) is 0. The maximum Gasteiger partial charge on any atom is 0.427 e. The number of azo groups is 1. The number of carbonyl (C=O) groups excluding carboxylic acids is 1. The van der Waals surface area contributed by atoms with E-state index in [9.17, 15) is 9.90 Å². The summed E-state index contributed by atoms with van der Waals surface area (Å²) < 4.78 is 4.37. The van der Waals surface area contributed by atoms with Crippen LogP contribution in [0.2, 0.25) is 0 Å². The number of carbonyl (C=O) groups is 1. The van der Waals surface area contributed by atoms with Crippen LogP contribution in [0.5, 0.6) is 5.75 Å². The normalized spacial score (nSPS) is 11.0. The summed E-state index contributed by atoms with van der Waals surface area (Å²) in [5.74, 6) is 0.00840. The third kappa shape index (κ3) is 4.41. The first-order valence-electron chi connectivity index (χ1n) is 6.36. The summed E-state index contributed by atoms with van der Waals surface area (Å²) in [6, 6.07) is 13.9. The minimum Gasteiger partial charge on any atom is -0.507 e. The van der Waals surface area contributed by atoms with E-state index in [4.69, 9.17) is 0 Å². The highest BCUT2D eigenvalue weighted by Crippen LogP contribution is 2.23. The van der Waals surface area contributed by atoms with Gasteiger partial charge in [0, 0.05) is 5.56 Å². The number of ether oxygens (including phenoxy) is 1. The van der Waals surface area contributed by atoms with Crippen molar-refractivity contribution in [1.29, 1.82) is 0 Å². The van der Waals surface area contributed by atoms with Crippen molar-refractivity contribution < 1.29 is 14.6 Å². The van der Waals surface area contributed by atoms with Crippen LogP contribution in [0.3, 0.4) is 0 Å². The Morgan fingerprint density at radius 3 is 2.59 bits per heavy atom. The molecule has 2 rings (SSSR count). The van der Waals surface area contributed by atoms with Crippen molar-refractivity contribution in [3.05, 3.63) is 54.1 Å². The zero-order valence-corrected chi connectivity index (χ0v) is 11.8. The molecular weight excluding hydrogens is 284 g/mol. The van der Waals surface area contributed by atoms with Crippen LogP contribution in [0.4, 0.5) is 16.2 Å². The predicted octanol–water partition coefficient (Wildman–Crippen LogP) is 3.50. The number of rotatable bonds is 4. The third-order valence-electron chi connectivity index (χ3n) is 2.59. The van der Waals surface area contributed by atoms with E-state index in [0.29, 0.717) is 11.3 Å². The van der Waals surface area contributed by atoms with Crippen molar-refractivity contribution in [1.82, 2.24) is 5.43 Å². The van der Waals surface area contributed by atoms with Crippen molar-refractivity contribution in [2.24, 2.45) is 15.3 Å². The Hall–Kier alpha value is -3.22. The smallest absolute Gasteiger partial charge is 0.427 e. The van der Waals surface area contributed by atoms with Crippen LogP contribution < -0.4 is 5.43 Å². The number of phenolic OH excluding ortho intramolecular Hbond substituents is 1. The van der Waals surface area contributed by atoms with E-state index in [1.54, 1.807) is 12.1 Å². The number of nitrogens with zero attached hydrogens (tertiary/aromatic N) is 3. The molecule has 22 heavy (non-hydrogen) atoms. The van der Waals surface area contributed by atoms with E-state index in [1.165, 1.54) is 19.4 Å². The van der Waals surface area contributed by atoms with E-state index in [-0.39, 0.29) is 5.75 Å². The quantitative estimate of drug-likeness (QED) is 0.513. The van der Waals surface area contributed by atoms with E-state index in [1.807, 2.05) is 30.3 Å². The summed E-state index contributed by atoms with van der Waals surface area (Å²) in [7, 11) is 1.23. The van der Waals surface area contributed by atoms with Gasteiger partial charge in [0.1, 0.15) is 5.75 Å². The lowest BCUT2D eigenvalue weighted by atomic mass is 10.2. The van der Waals surface area contributed by atoms with Crippen LogP contribution in [-0.4, -0.2) is 24.5 Å². The average molecular weight is 298 g/mol. The van der Waals surface area contributed by atoms with Gasteiger partial charge in [-0.1, -0.05) is 18.2 Å². The van der Waals surface area contributed by atoms with Gasteiger partial charge in [0.15, 0.2) is 0 Å². The van der Waals surface area contributed by atoms with Gasteiger partial charge in [0.25, 0.3) is 0 Å². The number of phenols is 1. The van der Waals surface area contributed by atoms with Crippen LogP contribution in [-0.2, 0) is 4.74 Å². The molecule has 112 valence electrons. The van der Waals surface area contributed by atoms with Gasteiger partial charge < -0.3 is 9.84 Å². The van der Waals surface area contributed by atoms with Gasteiger partial charge in [-0.05, 0) is 30.3 Å². The summed E-state index contributed by atoms with van der Waals surface area (Å²) in [5.41, 5.74) is 3.78. The van der Waals surface area contributed by atoms with E-state index in [2.05, 4.69) is 25.5 Å². The highest BCUT2D eigenvalue weighted by molar-refractivity contribution is 5.85. The van der Waals surface area contributed by atoms with Gasteiger partial charge in [0.05, 0.1) is 24.7 Å². The Morgan fingerprint density at radius 2 is 1.86 bits per heavy atom. The van der Waals surface area contributed by atoms with E-state index < -0.39 is 6.09 Å². The molecule has 0 aliphatic rings. The summed E-state index contributed by atoms with van der Waals surface area (Å²) >= 11 is 0. The molecule has 1 amide bonds. The van der Waals surface area contributed by atoms with E-state index in [0.717, 1.165) is 5.69 Å². The van der Waals surface area contributed by atoms with Gasteiger partial charge in [-0.2, -0.15) is 15.3 Å². The van der Waals surface area contributed by atoms with E-state index >= 15 is 0 Å². The SMILES string of the molecule is COC(=O)N/N=C/c1cc(N=Nc2ccccc2)ccc1O. The average Bonchev–Trinajstić information content (AvgIpc) is 2.56. The Kier molecular flexibility index (Phi) is 5.20. The summed E-state index contributed by atoms with van der Waals surface area (Å²) in [4.78, 5) is 10.9. The van der Waals surface area contributed by atoms with Crippen LogP contribution in [0.15, 0.2) is 63.9 Å². The summed E-state index contributed by atoms with van der Waals surface area (Å²) in [6.07, 6.45) is 0.587. The van der Waals surface area contributed by atoms with Crippen LogP contribution >= 0.6 is 0 Å². The zero-order valence-electron chi connectivity index (χ0n) is 11.8. The first kappa shape index (κ1) is 15.2. The number of hydrogen-bond acceptors (Lipinski definition) is 6. The van der Waals surface area contributed by atoms with Crippen LogP contribution in [0.25, 0.3) is 0 Å². The van der Waals surface area contributed by atoms with Gasteiger partial charge in [-0.3, -0.25) is 0 Å². The number of benzene rings is 2. The Balaban J connectivity index is 2.13. The molecule has 0 bridgehead atoms. The molecule has 0 aromatic heterocycles. The molecule has 2 aromatic carbocycles. The van der Waals surface area contributed by atoms with Gasteiger partial charge in [-0.25, -0.2) is 10.2 Å². The molecule has 2 aromatic rings. The number of amides is 1. The van der Waals surface area contributed by atoms with Gasteiger partial charge in [0.2, 0.25) is 0 Å². The second-order valence-electron chi connectivity index (χ2n) is 4.14. The fourth-order valence-corrected chi connectivity index (χ4v) is 1.52. The Morgan fingerprint density at radius 1 is 1.14 bits per heavy atom. The number of hydrogen-bond donors (Lipinski definition) is 2. The maximum atomic E-state index is 10.9. The molecular formula is C15H14N4O3. The molecule has 0 heterocycles. The molecule has 2 N–H and O–H groups in total. The Labute approximate surface area is 127 Å². The molecule has 0 fully saturated rings. The number of aromatic hydroxyl groups is 1. The topological polar surface area (TPSA) is 95.6 Å². The molecule has 7 nitrogen and oxygen atoms in total. The molecule has 0 aliphatic carbocycles. The minimum atomic E-state index is -0.698. The van der Waals surface area contributed by atoms with Crippen molar-refractivity contribution in [2.45, 2.75) is 0 Å². The lowest BCUT2D eigenvalue weighted by Crippen LogP contribution is -2.16. The first-order chi connectivity index (χ1) is 10.7. The predicted molar refractivity (Wildman–Crippen MR) is 81.9 cm³/mol. The first-order valence-corrected chi connectivity index (χ1v) is 6.36. The molecule has 0 saturated heterocycles. The maximum absolute atomic E-state index is 10.9. The highest BCUT2D eigenvalue weighted by atomic mass is 16.5. The highest BCUT2D eigenvalue weighted by Gasteiger charge is 2.01. The second kappa shape index (κ2) is 7.53. The lowest BCUT2D eigenvalue weighted by molar-refractivity contribution is 0.171. The van der Waals surface area contributed by atoms with Crippen LogP contribution in [0, 0.1) is 0 Å². The third-order valence-corrected chi connectivity index (χ3v) is 2.59. The lowest BCUT2D eigenvalue weighted by Gasteiger charge is -2.00. The van der Waals surface area contributed by atoms with Crippen molar-refractivity contribution in [3.63, 3.8) is 0 Å². The monoisotopic (exact) mass is 298 g/mol. The molecule has 0 unspecified atom stereocenters. The zero-order chi connectivity index (χ0) is 15.8. The standard InChI is InChI=1S/C15H14N4O3/c1-22-15(21)19-16-10-11-9-13(7-8-14(11)20)18-17-12-5-3-2-4-6-12/h2-10,20H,1H3,(H,19,21)/b16-10+,18-17?. The fraction of sp³-hybridized carbons (Fsp3) is 0.0667. The minimum absolute atomic E-state index is 0.00840. The van der Waals surface area contributed by atoms with Crippen LogP contribution in [0.1, 0.15) is 5.56 Å². The fourth-order valence-electron chi connectivity index (χ4n) is 1.52. The molecule has 0 radical (unpaired) electrons. The number of nitrogens with one attached hydrogen (secondary N) is 1. The van der Waals surface area contributed by atoms with Gasteiger partial charge in [-0.15, -0.1) is 0 Å². The largest absolute Gasteiger partial charge is 0.507 e. The Bertz CT molecular complexity index is 699. The van der Waals surface area contributed by atoms with Crippen molar-refractivity contribution in [2.75, 3.05) is 7.11 Å². The van der Waals surface area contributed by atoms with Gasteiger partial charge >= 0.3 is 6.09 Å².